The second kappa shape index (κ2) is 6.44. The molecule has 1 amide bonds. The fourth-order valence-electron chi connectivity index (χ4n) is 3.46. The van der Waals surface area contributed by atoms with Gasteiger partial charge in [-0.15, -0.1) is 0 Å². The lowest BCUT2D eigenvalue weighted by molar-refractivity contribution is -0.141. The van der Waals surface area contributed by atoms with Gasteiger partial charge in [0, 0.05) is 43.6 Å². The molecule has 2 aliphatic rings. The van der Waals surface area contributed by atoms with Crippen molar-refractivity contribution in [1.29, 1.82) is 0 Å². The maximum atomic E-state index is 12.9. The minimum atomic E-state index is -4.52. The molecule has 1 unspecified atom stereocenters. The number of carbonyl (C=O) groups is 1. The Kier molecular flexibility index (Phi) is 4.61. The standard InChI is InChI=1S/C16H21F3N4O2/c1-11(2)23-8-15(6-14(23)24)7-22(3-4-25-9-15)13-5-12(16(17,18)19)20-10-21-13/h5,10-11H,3-4,6-9H2,1-2H3. The van der Waals surface area contributed by atoms with E-state index in [9.17, 15) is 18.0 Å². The first kappa shape index (κ1) is 17.9. The van der Waals surface area contributed by atoms with E-state index in [0.717, 1.165) is 12.4 Å². The van der Waals surface area contributed by atoms with Crippen molar-refractivity contribution >= 4 is 11.7 Å². The van der Waals surface area contributed by atoms with E-state index in [0.29, 0.717) is 39.3 Å². The molecule has 25 heavy (non-hydrogen) atoms. The Morgan fingerprint density at radius 3 is 2.68 bits per heavy atom. The van der Waals surface area contributed by atoms with Crippen molar-refractivity contribution in [3.8, 4) is 0 Å². The number of anilines is 1. The van der Waals surface area contributed by atoms with Gasteiger partial charge in [0.25, 0.3) is 0 Å². The summed E-state index contributed by atoms with van der Waals surface area (Å²) in [5, 5.41) is 0. The van der Waals surface area contributed by atoms with Crippen molar-refractivity contribution in [2.75, 3.05) is 37.7 Å². The van der Waals surface area contributed by atoms with Gasteiger partial charge in [-0.3, -0.25) is 4.79 Å². The number of amides is 1. The first-order chi connectivity index (χ1) is 11.7. The molecule has 1 spiro atoms. The summed E-state index contributed by atoms with van der Waals surface area (Å²) in [4.78, 5) is 23.2. The number of alkyl halides is 3. The smallest absolute Gasteiger partial charge is 0.379 e. The van der Waals surface area contributed by atoms with E-state index in [1.54, 1.807) is 9.80 Å². The molecule has 6 nitrogen and oxygen atoms in total. The number of aromatic nitrogens is 2. The Morgan fingerprint density at radius 2 is 2.04 bits per heavy atom. The minimum absolute atomic E-state index is 0.0547. The van der Waals surface area contributed by atoms with E-state index in [4.69, 9.17) is 4.74 Å². The Morgan fingerprint density at radius 1 is 1.28 bits per heavy atom. The summed E-state index contributed by atoms with van der Waals surface area (Å²) >= 11 is 0. The largest absolute Gasteiger partial charge is 0.433 e. The Balaban J connectivity index is 1.85. The molecule has 2 aliphatic heterocycles. The highest BCUT2D eigenvalue weighted by Crippen LogP contribution is 2.37. The molecule has 9 heteroatoms. The maximum absolute atomic E-state index is 12.9. The zero-order valence-electron chi connectivity index (χ0n) is 14.2. The SMILES string of the molecule is CC(C)N1CC2(COCCN(c3cc(C(F)(F)F)ncn3)C2)CC1=O. The van der Waals surface area contributed by atoms with Crippen LogP contribution in [0.25, 0.3) is 0 Å². The van der Waals surface area contributed by atoms with E-state index in [2.05, 4.69) is 9.97 Å². The van der Waals surface area contributed by atoms with Crippen molar-refractivity contribution in [2.24, 2.45) is 5.41 Å². The van der Waals surface area contributed by atoms with Crippen LogP contribution in [0.15, 0.2) is 12.4 Å². The van der Waals surface area contributed by atoms with Crippen molar-refractivity contribution in [3.63, 3.8) is 0 Å². The number of hydrogen-bond donors (Lipinski definition) is 0. The van der Waals surface area contributed by atoms with Crippen molar-refractivity contribution in [1.82, 2.24) is 14.9 Å². The molecule has 0 radical (unpaired) electrons. The number of carbonyl (C=O) groups excluding carboxylic acids is 1. The van der Waals surface area contributed by atoms with Gasteiger partial charge in [-0.2, -0.15) is 13.2 Å². The van der Waals surface area contributed by atoms with Crippen molar-refractivity contribution < 1.29 is 22.7 Å². The number of ether oxygens (including phenoxy) is 1. The third-order valence-electron chi connectivity index (χ3n) is 4.68. The first-order valence-electron chi connectivity index (χ1n) is 8.22. The molecule has 2 saturated heterocycles. The van der Waals surface area contributed by atoms with Crippen LogP contribution in [-0.4, -0.2) is 59.7 Å². The number of nitrogens with zero attached hydrogens (tertiary/aromatic N) is 4. The molecule has 0 saturated carbocycles. The molecular weight excluding hydrogens is 337 g/mol. The zero-order valence-corrected chi connectivity index (χ0v) is 14.2. The van der Waals surface area contributed by atoms with Crippen LogP contribution in [0.1, 0.15) is 26.0 Å². The van der Waals surface area contributed by atoms with Gasteiger partial charge in [0.2, 0.25) is 5.91 Å². The molecule has 1 aromatic heterocycles. The van der Waals surface area contributed by atoms with E-state index < -0.39 is 17.3 Å². The van der Waals surface area contributed by atoms with Crippen LogP contribution >= 0.6 is 0 Å². The van der Waals surface area contributed by atoms with Gasteiger partial charge < -0.3 is 14.5 Å². The van der Waals surface area contributed by atoms with Crippen LogP contribution in [0.2, 0.25) is 0 Å². The summed E-state index contributed by atoms with van der Waals surface area (Å²) in [5.74, 6) is 0.266. The molecule has 0 aromatic carbocycles. The molecule has 3 heterocycles. The van der Waals surface area contributed by atoms with E-state index in [1.165, 1.54) is 0 Å². The molecule has 1 aromatic rings. The fourth-order valence-corrected chi connectivity index (χ4v) is 3.46. The van der Waals surface area contributed by atoms with E-state index in [-0.39, 0.29) is 17.8 Å². The predicted molar refractivity (Wildman–Crippen MR) is 84.0 cm³/mol. The molecule has 138 valence electrons. The highest BCUT2D eigenvalue weighted by Gasteiger charge is 2.46. The van der Waals surface area contributed by atoms with Gasteiger partial charge in [-0.1, -0.05) is 0 Å². The molecule has 1 atom stereocenters. The van der Waals surface area contributed by atoms with Crippen LogP contribution in [0, 0.1) is 5.41 Å². The predicted octanol–water partition coefficient (Wildman–Crippen LogP) is 1.96. The second-order valence-corrected chi connectivity index (χ2v) is 7.03. The highest BCUT2D eigenvalue weighted by molar-refractivity contribution is 5.80. The summed E-state index contributed by atoms with van der Waals surface area (Å²) < 4.78 is 44.4. The third kappa shape index (κ3) is 3.70. The molecule has 0 bridgehead atoms. The first-order valence-corrected chi connectivity index (χ1v) is 8.22. The minimum Gasteiger partial charge on any atom is -0.379 e. The van der Waals surface area contributed by atoms with Crippen LogP contribution in [0.3, 0.4) is 0 Å². The van der Waals surface area contributed by atoms with E-state index in [1.807, 2.05) is 13.8 Å². The normalized spacial score (nSPS) is 25.1. The van der Waals surface area contributed by atoms with Crippen molar-refractivity contribution in [2.45, 2.75) is 32.5 Å². The van der Waals surface area contributed by atoms with Gasteiger partial charge in [0.15, 0.2) is 0 Å². The molecule has 0 aliphatic carbocycles. The third-order valence-corrected chi connectivity index (χ3v) is 4.68. The number of halogens is 3. The van der Waals surface area contributed by atoms with Crippen LogP contribution in [-0.2, 0) is 15.7 Å². The summed E-state index contributed by atoms with van der Waals surface area (Å²) in [6.45, 7) is 6.08. The summed E-state index contributed by atoms with van der Waals surface area (Å²) in [6.07, 6.45) is -3.26. The summed E-state index contributed by atoms with van der Waals surface area (Å²) in [5.41, 5.74) is -1.40. The number of likely N-dealkylation sites (tertiary alicyclic amines) is 1. The molecule has 3 rings (SSSR count). The summed E-state index contributed by atoms with van der Waals surface area (Å²) in [7, 11) is 0. The average Bonchev–Trinajstić information content (AvgIpc) is 2.73. The Bertz CT molecular complexity index is 653. The van der Waals surface area contributed by atoms with Crippen LogP contribution < -0.4 is 4.90 Å². The van der Waals surface area contributed by atoms with Gasteiger partial charge in [0.05, 0.1) is 13.2 Å². The Hall–Kier alpha value is -1.90. The van der Waals surface area contributed by atoms with Gasteiger partial charge in [-0.05, 0) is 13.8 Å². The monoisotopic (exact) mass is 358 g/mol. The van der Waals surface area contributed by atoms with Crippen LogP contribution in [0.5, 0.6) is 0 Å². The van der Waals surface area contributed by atoms with Crippen molar-refractivity contribution in [3.05, 3.63) is 18.1 Å². The maximum Gasteiger partial charge on any atom is 0.433 e. The van der Waals surface area contributed by atoms with Gasteiger partial charge in [-0.25, -0.2) is 9.97 Å². The van der Waals surface area contributed by atoms with Crippen LogP contribution in [0.4, 0.5) is 19.0 Å². The lowest BCUT2D eigenvalue weighted by atomic mass is 9.87. The zero-order chi connectivity index (χ0) is 18.2. The van der Waals surface area contributed by atoms with E-state index >= 15 is 0 Å². The number of hydrogen-bond acceptors (Lipinski definition) is 5. The van der Waals surface area contributed by atoms with Gasteiger partial charge >= 0.3 is 6.18 Å². The fraction of sp³-hybridized carbons (Fsp3) is 0.688. The Labute approximate surface area is 144 Å². The topological polar surface area (TPSA) is 58.6 Å². The number of rotatable bonds is 2. The lowest BCUT2D eigenvalue weighted by Crippen LogP contribution is -2.42. The molecule has 0 N–H and O–H groups in total. The highest BCUT2D eigenvalue weighted by atomic mass is 19.4. The lowest BCUT2D eigenvalue weighted by Gasteiger charge is -2.32. The molecule has 2 fully saturated rings. The molecular formula is C16H21F3N4O2. The quantitative estimate of drug-likeness (QED) is 0.809. The summed E-state index contributed by atoms with van der Waals surface area (Å²) in [6, 6.07) is 1.04. The van der Waals surface area contributed by atoms with Gasteiger partial charge in [0.1, 0.15) is 17.8 Å². The average molecular weight is 358 g/mol. The second-order valence-electron chi connectivity index (χ2n) is 7.03.